The number of anilines is 1. The highest BCUT2D eigenvalue weighted by Gasteiger charge is 2.58. The van der Waals surface area contributed by atoms with Crippen LogP contribution in [0.3, 0.4) is 0 Å². The quantitative estimate of drug-likeness (QED) is 0.613. The van der Waals surface area contributed by atoms with Crippen molar-refractivity contribution < 1.29 is 36.2 Å². The van der Waals surface area contributed by atoms with E-state index in [-0.39, 0.29) is 5.69 Å². The molecule has 0 amide bonds. The summed E-state index contributed by atoms with van der Waals surface area (Å²) in [6.45, 7) is -1.92. The van der Waals surface area contributed by atoms with Crippen molar-refractivity contribution in [2.45, 2.75) is 18.1 Å². The van der Waals surface area contributed by atoms with Crippen LogP contribution < -0.4 is 4.90 Å². The molecule has 0 spiro atoms. The summed E-state index contributed by atoms with van der Waals surface area (Å²) in [5.41, 5.74) is -0.285. The topological polar surface area (TPSA) is 40.5 Å². The van der Waals surface area contributed by atoms with Gasteiger partial charge in [-0.1, -0.05) is 0 Å². The zero-order valence-electron chi connectivity index (χ0n) is 10.8. The summed E-state index contributed by atoms with van der Waals surface area (Å²) in [5, 5.41) is 8.97. The maximum Gasteiger partial charge on any atom is 0.455 e. The Morgan fingerprint density at radius 1 is 1.18 bits per heavy atom. The predicted molar refractivity (Wildman–Crippen MR) is 70.0 cm³/mol. The van der Waals surface area contributed by atoms with Gasteiger partial charge >= 0.3 is 18.1 Å². The molecule has 0 heterocycles. The summed E-state index contributed by atoms with van der Waals surface area (Å²) >= 11 is 3.66. The number of carboxylic acids is 1. The van der Waals surface area contributed by atoms with Gasteiger partial charge in [-0.15, -0.1) is 0 Å². The normalized spacial score (nSPS) is 13.8. The number of aliphatic carboxylic acids is 1. The van der Waals surface area contributed by atoms with Crippen molar-refractivity contribution in [3.8, 4) is 0 Å². The molecule has 1 aromatic rings. The number of nitrogens with zero attached hydrogens (tertiary/aromatic N) is 1. The van der Waals surface area contributed by atoms with Crippen LogP contribution in [-0.2, 0) is 4.79 Å². The maximum absolute atomic E-state index is 13.2. The second kappa shape index (κ2) is 6.67. The standard InChI is InChI=1S/C12H11F6NO2S/c13-7-1-3-8(4-2-7)19(9(5-22)10(20)21)6-11(14,15)12(16,17)18/h1-4,9,22H,5-6H2,(H,20,21)/t9-/m0/s1. The lowest BCUT2D eigenvalue weighted by molar-refractivity contribution is -0.277. The van der Waals surface area contributed by atoms with Crippen LogP contribution in [0.1, 0.15) is 0 Å². The molecule has 0 saturated heterocycles. The molecule has 0 radical (unpaired) electrons. The van der Waals surface area contributed by atoms with Crippen LogP contribution in [0.4, 0.5) is 32.0 Å². The van der Waals surface area contributed by atoms with Crippen LogP contribution in [0.25, 0.3) is 0 Å². The van der Waals surface area contributed by atoms with E-state index in [1.165, 1.54) is 0 Å². The van der Waals surface area contributed by atoms with Crippen LogP contribution in [0, 0.1) is 5.82 Å². The summed E-state index contributed by atoms with van der Waals surface area (Å²) in [7, 11) is 0. The number of alkyl halides is 5. The van der Waals surface area contributed by atoms with Crippen molar-refractivity contribution in [2.24, 2.45) is 0 Å². The molecule has 1 atom stereocenters. The molecule has 1 rings (SSSR count). The fourth-order valence-electron chi connectivity index (χ4n) is 1.63. The largest absolute Gasteiger partial charge is 0.480 e. The van der Waals surface area contributed by atoms with E-state index in [1.807, 2.05) is 0 Å². The van der Waals surface area contributed by atoms with Crippen LogP contribution in [0.15, 0.2) is 24.3 Å². The van der Waals surface area contributed by atoms with Gasteiger partial charge in [-0.05, 0) is 24.3 Å². The Kier molecular flexibility index (Phi) is 5.60. The van der Waals surface area contributed by atoms with E-state index in [0.717, 1.165) is 24.3 Å². The Labute approximate surface area is 126 Å². The van der Waals surface area contributed by atoms with Gasteiger partial charge in [0.2, 0.25) is 0 Å². The third kappa shape index (κ3) is 4.21. The van der Waals surface area contributed by atoms with Crippen LogP contribution >= 0.6 is 12.6 Å². The SMILES string of the molecule is O=C(O)[C@H](CS)N(CC(F)(F)C(F)(F)F)c1ccc(F)cc1. The zero-order chi connectivity index (χ0) is 17.1. The van der Waals surface area contributed by atoms with Gasteiger partial charge in [0.15, 0.2) is 0 Å². The van der Waals surface area contributed by atoms with Gasteiger partial charge < -0.3 is 10.0 Å². The number of hydrogen-bond donors (Lipinski definition) is 2. The minimum atomic E-state index is -5.84. The van der Waals surface area contributed by atoms with Gasteiger partial charge in [0.1, 0.15) is 11.9 Å². The van der Waals surface area contributed by atoms with Crippen molar-refractivity contribution in [3.63, 3.8) is 0 Å². The predicted octanol–water partition coefficient (Wildman–Crippen LogP) is 3.21. The molecule has 10 heteroatoms. The van der Waals surface area contributed by atoms with Crippen molar-refractivity contribution in [1.29, 1.82) is 0 Å². The minimum absolute atomic E-state index is 0.285. The summed E-state index contributed by atoms with van der Waals surface area (Å²) in [5.74, 6) is -8.03. The number of carbonyl (C=O) groups is 1. The summed E-state index contributed by atoms with van der Waals surface area (Å²) < 4.78 is 76.4. The first-order valence-corrected chi connectivity index (χ1v) is 6.43. The first-order valence-electron chi connectivity index (χ1n) is 5.80. The molecule has 124 valence electrons. The van der Waals surface area contributed by atoms with Gasteiger partial charge in [-0.2, -0.15) is 34.6 Å². The fraction of sp³-hybridized carbons (Fsp3) is 0.417. The van der Waals surface area contributed by atoms with E-state index >= 15 is 0 Å². The second-order valence-corrected chi connectivity index (χ2v) is 4.71. The number of rotatable bonds is 6. The van der Waals surface area contributed by atoms with Crippen LogP contribution in [0.5, 0.6) is 0 Å². The Hall–Kier alpha value is -1.58. The number of halogens is 6. The first kappa shape index (κ1) is 18.5. The smallest absolute Gasteiger partial charge is 0.455 e. The number of thiol groups is 1. The van der Waals surface area contributed by atoms with Crippen LogP contribution in [0.2, 0.25) is 0 Å². The molecule has 1 N–H and O–H groups in total. The Bertz CT molecular complexity index is 519. The molecule has 0 fully saturated rings. The highest BCUT2D eigenvalue weighted by atomic mass is 32.1. The van der Waals surface area contributed by atoms with E-state index in [4.69, 9.17) is 5.11 Å². The van der Waals surface area contributed by atoms with Crippen molar-refractivity contribution >= 4 is 24.3 Å². The molecule has 0 aliphatic carbocycles. The van der Waals surface area contributed by atoms with E-state index in [0.29, 0.717) is 4.90 Å². The van der Waals surface area contributed by atoms with Crippen molar-refractivity contribution in [2.75, 3.05) is 17.2 Å². The number of benzene rings is 1. The lowest BCUT2D eigenvalue weighted by Crippen LogP contribution is -2.53. The molecule has 3 nitrogen and oxygen atoms in total. The average Bonchev–Trinajstić information content (AvgIpc) is 2.37. The monoisotopic (exact) mass is 347 g/mol. The van der Waals surface area contributed by atoms with Gasteiger partial charge in [0.05, 0.1) is 6.54 Å². The van der Waals surface area contributed by atoms with Gasteiger partial charge in [-0.3, -0.25) is 0 Å². The third-order valence-corrected chi connectivity index (χ3v) is 3.12. The molecule has 22 heavy (non-hydrogen) atoms. The Morgan fingerprint density at radius 3 is 2.05 bits per heavy atom. The minimum Gasteiger partial charge on any atom is -0.480 e. The van der Waals surface area contributed by atoms with E-state index in [1.54, 1.807) is 0 Å². The van der Waals surface area contributed by atoms with E-state index in [9.17, 15) is 31.1 Å². The molecule has 0 aromatic heterocycles. The van der Waals surface area contributed by atoms with Crippen LogP contribution in [-0.4, -0.2) is 41.5 Å². The highest BCUT2D eigenvalue weighted by molar-refractivity contribution is 7.80. The average molecular weight is 347 g/mol. The summed E-state index contributed by atoms with van der Waals surface area (Å²) in [6.07, 6.45) is -5.84. The van der Waals surface area contributed by atoms with Gasteiger partial charge in [-0.25, -0.2) is 9.18 Å². The fourth-order valence-corrected chi connectivity index (χ4v) is 1.98. The van der Waals surface area contributed by atoms with E-state index < -0.39 is 42.2 Å². The van der Waals surface area contributed by atoms with E-state index in [2.05, 4.69) is 12.6 Å². The third-order valence-electron chi connectivity index (χ3n) is 2.78. The number of carboxylic acid groups (broad SMARTS) is 1. The highest BCUT2D eigenvalue weighted by Crippen LogP contribution is 2.37. The maximum atomic E-state index is 13.2. The molecular formula is C12H11F6NO2S. The lowest BCUT2D eigenvalue weighted by Gasteiger charge is -2.33. The number of hydrogen-bond acceptors (Lipinski definition) is 3. The van der Waals surface area contributed by atoms with Gasteiger partial charge in [0, 0.05) is 11.4 Å². The molecule has 1 aromatic carbocycles. The molecule has 0 unspecified atom stereocenters. The molecule has 0 aliphatic heterocycles. The zero-order valence-corrected chi connectivity index (χ0v) is 11.7. The summed E-state index contributed by atoms with van der Waals surface area (Å²) in [6, 6.07) is 1.75. The molecule has 0 bridgehead atoms. The second-order valence-electron chi connectivity index (χ2n) is 4.34. The van der Waals surface area contributed by atoms with Gasteiger partial charge in [0.25, 0.3) is 0 Å². The Morgan fingerprint density at radius 2 is 1.68 bits per heavy atom. The molecule has 0 saturated carbocycles. The van der Waals surface area contributed by atoms with Crippen molar-refractivity contribution in [1.82, 2.24) is 0 Å². The first-order chi connectivity index (χ1) is 9.99. The lowest BCUT2D eigenvalue weighted by atomic mass is 10.1. The van der Waals surface area contributed by atoms with Crippen molar-refractivity contribution in [3.05, 3.63) is 30.1 Å². The molecular weight excluding hydrogens is 336 g/mol. The molecule has 0 aliphatic rings. The Balaban J connectivity index is 3.23. The summed E-state index contributed by atoms with van der Waals surface area (Å²) in [4.78, 5) is 11.4.